The van der Waals surface area contributed by atoms with E-state index < -0.39 is 20.7 Å². The van der Waals surface area contributed by atoms with Crippen LogP contribution in [-0.4, -0.2) is 51.0 Å². The summed E-state index contributed by atoms with van der Waals surface area (Å²) in [7, 11) is -1.87. The minimum Gasteiger partial charge on any atom is -0.465 e. The van der Waals surface area contributed by atoms with Gasteiger partial charge in [-0.2, -0.15) is 0 Å². The smallest absolute Gasteiger partial charge is 0.337 e. The van der Waals surface area contributed by atoms with Crippen molar-refractivity contribution in [3.63, 3.8) is 0 Å². The molecule has 9 heteroatoms. The molecule has 0 atom stereocenters. The molecule has 2 rings (SSSR count). The predicted molar refractivity (Wildman–Crippen MR) is 75.3 cm³/mol. The summed E-state index contributed by atoms with van der Waals surface area (Å²) in [6.45, 7) is 0.321. The van der Waals surface area contributed by atoms with Gasteiger partial charge in [0, 0.05) is 19.2 Å². The van der Waals surface area contributed by atoms with Crippen LogP contribution in [0.1, 0.15) is 10.4 Å². The lowest BCUT2D eigenvalue weighted by molar-refractivity contribution is -0.384. The Labute approximate surface area is 121 Å². The van der Waals surface area contributed by atoms with Crippen molar-refractivity contribution in [2.24, 2.45) is 0 Å². The Morgan fingerprint density at radius 2 is 1.95 bits per heavy atom. The lowest BCUT2D eigenvalue weighted by Crippen LogP contribution is -2.40. The molecule has 0 spiro atoms. The lowest BCUT2D eigenvalue weighted by Gasteiger charge is -2.28. The molecule has 114 valence electrons. The number of carbonyl (C=O) groups is 1. The van der Waals surface area contributed by atoms with Gasteiger partial charge >= 0.3 is 5.97 Å². The number of benzene rings is 1. The van der Waals surface area contributed by atoms with Crippen LogP contribution in [0.15, 0.2) is 18.2 Å². The highest BCUT2D eigenvalue weighted by Crippen LogP contribution is 2.30. The Morgan fingerprint density at radius 3 is 2.48 bits per heavy atom. The van der Waals surface area contributed by atoms with Crippen LogP contribution < -0.4 is 4.90 Å². The molecule has 1 aliphatic heterocycles. The zero-order valence-corrected chi connectivity index (χ0v) is 12.1. The zero-order chi connectivity index (χ0) is 15.6. The molecule has 0 N–H and O–H groups in total. The molecule has 1 aliphatic rings. The fraction of sp³-hybridized carbons (Fsp3) is 0.417. The van der Waals surface area contributed by atoms with Crippen molar-refractivity contribution in [3.8, 4) is 0 Å². The molecule has 0 radical (unpaired) electrons. The van der Waals surface area contributed by atoms with Crippen LogP contribution in [0, 0.1) is 10.1 Å². The number of ether oxygens (including phenoxy) is 1. The zero-order valence-electron chi connectivity index (χ0n) is 11.3. The second-order valence-electron chi connectivity index (χ2n) is 4.59. The second kappa shape index (κ2) is 5.68. The SMILES string of the molecule is COC(=O)c1ccc([N+](=O)[O-])c(N2CCS(=O)(=O)CC2)c1. The molecule has 0 amide bonds. The number of nitro groups is 1. The lowest BCUT2D eigenvalue weighted by atomic mass is 10.1. The van der Waals surface area contributed by atoms with Gasteiger partial charge in [-0.25, -0.2) is 13.2 Å². The summed E-state index contributed by atoms with van der Waals surface area (Å²) in [6, 6.07) is 3.90. The number of rotatable bonds is 3. The molecule has 1 heterocycles. The van der Waals surface area contributed by atoms with Crippen molar-refractivity contribution in [2.45, 2.75) is 0 Å². The Hall–Kier alpha value is -2.16. The van der Waals surface area contributed by atoms with E-state index in [1.807, 2.05) is 0 Å². The maximum atomic E-state index is 11.5. The van der Waals surface area contributed by atoms with Crippen LogP contribution in [0.4, 0.5) is 11.4 Å². The highest BCUT2D eigenvalue weighted by molar-refractivity contribution is 7.91. The van der Waals surface area contributed by atoms with Crippen LogP contribution in [0.5, 0.6) is 0 Å². The number of carbonyl (C=O) groups excluding carboxylic acids is 1. The first kappa shape index (κ1) is 15.2. The summed E-state index contributed by atoms with van der Waals surface area (Å²) in [6.07, 6.45) is 0. The molecule has 8 nitrogen and oxygen atoms in total. The van der Waals surface area contributed by atoms with E-state index in [4.69, 9.17) is 0 Å². The van der Waals surface area contributed by atoms with Gasteiger partial charge in [0.25, 0.3) is 5.69 Å². The number of sulfone groups is 1. The normalized spacial score (nSPS) is 17.3. The van der Waals surface area contributed by atoms with E-state index in [-0.39, 0.29) is 41.5 Å². The van der Waals surface area contributed by atoms with Crippen LogP contribution in [0.2, 0.25) is 0 Å². The van der Waals surface area contributed by atoms with Crippen LogP contribution in [0.3, 0.4) is 0 Å². The summed E-state index contributed by atoms with van der Waals surface area (Å²) in [5, 5.41) is 11.1. The van der Waals surface area contributed by atoms with Crippen molar-refractivity contribution in [1.29, 1.82) is 0 Å². The number of methoxy groups -OCH3 is 1. The average Bonchev–Trinajstić information content (AvgIpc) is 2.45. The van der Waals surface area contributed by atoms with Crippen LogP contribution in [-0.2, 0) is 14.6 Å². The van der Waals surface area contributed by atoms with Gasteiger partial charge in [0.2, 0.25) is 0 Å². The first-order chi connectivity index (χ1) is 9.84. The molecule has 1 aromatic rings. The van der Waals surface area contributed by atoms with E-state index in [0.29, 0.717) is 0 Å². The van der Waals surface area contributed by atoms with Crippen molar-refractivity contribution in [1.82, 2.24) is 0 Å². The highest BCUT2D eigenvalue weighted by Gasteiger charge is 2.27. The summed E-state index contributed by atoms with van der Waals surface area (Å²) in [5.74, 6) is -0.727. The van der Waals surface area contributed by atoms with Gasteiger partial charge in [0.1, 0.15) is 5.69 Å². The van der Waals surface area contributed by atoms with E-state index in [9.17, 15) is 23.3 Å². The quantitative estimate of drug-likeness (QED) is 0.457. The van der Waals surface area contributed by atoms with Crippen molar-refractivity contribution in [3.05, 3.63) is 33.9 Å². The topological polar surface area (TPSA) is 107 Å². The van der Waals surface area contributed by atoms with Crippen LogP contribution >= 0.6 is 0 Å². The molecule has 0 saturated carbocycles. The molecule has 0 bridgehead atoms. The van der Waals surface area contributed by atoms with E-state index in [2.05, 4.69) is 4.74 Å². The van der Waals surface area contributed by atoms with Gasteiger partial charge in [-0.05, 0) is 12.1 Å². The molecule has 0 aliphatic carbocycles. The summed E-state index contributed by atoms with van der Waals surface area (Å²) >= 11 is 0. The maximum absolute atomic E-state index is 11.5. The number of nitrogens with zero attached hydrogens (tertiary/aromatic N) is 2. The Kier molecular flexibility index (Phi) is 4.12. The van der Waals surface area contributed by atoms with Gasteiger partial charge in [-0.15, -0.1) is 0 Å². The third kappa shape index (κ3) is 3.30. The Bertz CT molecular complexity index is 671. The third-order valence-electron chi connectivity index (χ3n) is 3.28. The molecular weight excluding hydrogens is 300 g/mol. The molecule has 0 unspecified atom stereocenters. The standard InChI is InChI=1S/C12H14N2O6S/c1-20-12(15)9-2-3-10(14(16)17)11(8-9)13-4-6-21(18,19)7-5-13/h2-3,8H,4-7H2,1H3. The Balaban J connectivity index is 2.40. The predicted octanol–water partition coefficient (Wildman–Crippen LogP) is 0.616. The van der Waals surface area contributed by atoms with Gasteiger partial charge in [0.05, 0.1) is 29.1 Å². The fourth-order valence-corrected chi connectivity index (χ4v) is 3.33. The van der Waals surface area contributed by atoms with Crippen molar-refractivity contribution >= 4 is 27.2 Å². The van der Waals surface area contributed by atoms with Gasteiger partial charge in [0.15, 0.2) is 9.84 Å². The highest BCUT2D eigenvalue weighted by atomic mass is 32.2. The number of hydrogen-bond donors (Lipinski definition) is 0. The van der Waals surface area contributed by atoms with Crippen LogP contribution in [0.25, 0.3) is 0 Å². The van der Waals surface area contributed by atoms with Gasteiger partial charge in [-0.1, -0.05) is 0 Å². The van der Waals surface area contributed by atoms with E-state index in [0.717, 1.165) is 0 Å². The van der Waals surface area contributed by atoms with E-state index in [1.54, 1.807) is 4.90 Å². The fourth-order valence-electron chi connectivity index (χ4n) is 2.13. The van der Waals surface area contributed by atoms with Crippen molar-refractivity contribution < 1.29 is 22.9 Å². The molecule has 0 aromatic heterocycles. The molecule has 1 fully saturated rings. The first-order valence-corrected chi connectivity index (χ1v) is 7.98. The Morgan fingerprint density at radius 1 is 1.33 bits per heavy atom. The molecular formula is C12H14N2O6S. The maximum Gasteiger partial charge on any atom is 0.337 e. The number of nitro benzene ring substituents is 1. The molecule has 21 heavy (non-hydrogen) atoms. The average molecular weight is 314 g/mol. The summed E-state index contributed by atoms with van der Waals surface area (Å²) < 4.78 is 27.5. The monoisotopic (exact) mass is 314 g/mol. The third-order valence-corrected chi connectivity index (χ3v) is 4.89. The molecule has 1 saturated heterocycles. The minimum atomic E-state index is -3.09. The van der Waals surface area contributed by atoms with Gasteiger partial charge < -0.3 is 9.64 Å². The second-order valence-corrected chi connectivity index (χ2v) is 6.89. The number of anilines is 1. The van der Waals surface area contributed by atoms with Gasteiger partial charge in [-0.3, -0.25) is 10.1 Å². The van der Waals surface area contributed by atoms with Crippen molar-refractivity contribution in [2.75, 3.05) is 36.6 Å². The summed E-state index contributed by atoms with van der Waals surface area (Å²) in [4.78, 5) is 23.7. The minimum absolute atomic E-state index is 0.0629. The summed E-state index contributed by atoms with van der Waals surface area (Å²) in [5.41, 5.74) is 0.256. The first-order valence-electron chi connectivity index (χ1n) is 6.16. The molecule has 1 aromatic carbocycles. The van der Waals surface area contributed by atoms with E-state index in [1.165, 1.54) is 25.3 Å². The van der Waals surface area contributed by atoms with E-state index >= 15 is 0 Å². The largest absolute Gasteiger partial charge is 0.465 e. The number of esters is 1. The number of hydrogen-bond acceptors (Lipinski definition) is 7.